The molecule has 3 aromatic rings. The molecular weight excluding hydrogens is 346 g/mol. The van der Waals surface area contributed by atoms with E-state index in [-0.39, 0.29) is 11.9 Å². The number of carbonyl (C=O) groups is 1. The summed E-state index contributed by atoms with van der Waals surface area (Å²) in [5.41, 5.74) is 4.56. The van der Waals surface area contributed by atoms with Crippen LogP contribution in [0.1, 0.15) is 47.2 Å². The van der Waals surface area contributed by atoms with Crippen molar-refractivity contribution in [3.8, 4) is 5.75 Å². The van der Waals surface area contributed by atoms with Gasteiger partial charge in [-0.3, -0.25) is 14.8 Å². The van der Waals surface area contributed by atoms with Crippen LogP contribution in [-0.2, 0) is 6.42 Å². The number of hydrogen-bond acceptors (Lipinski definition) is 4. The van der Waals surface area contributed by atoms with Crippen molar-refractivity contribution in [1.29, 1.82) is 0 Å². The third-order valence-electron chi connectivity index (χ3n) is 4.66. The van der Waals surface area contributed by atoms with Gasteiger partial charge in [0.25, 0.3) is 5.91 Å². The van der Waals surface area contributed by atoms with Crippen LogP contribution in [0.2, 0.25) is 0 Å². The molecule has 0 saturated carbocycles. The number of amides is 1. The Morgan fingerprint density at radius 3 is 2.65 bits per heavy atom. The molecule has 0 saturated heterocycles. The minimum atomic E-state index is -0.148. The van der Waals surface area contributed by atoms with Gasteiger partial charge in [-0.15, -0.1) is 0 Å². The minimum absolute atomic E-state index is 0.0624. The van der Waals surface area contributed by atoms with E-state index >= 15 is 0 Å². The number of thiophene rings is 1. The van der Waals surface area contributed by atoms with Gasteiger partial charge in [-0.2, -0.15) is 16.4 Å². The molecule has 0 fully saturated rings. The molecule has 0 radical (unpaired) electrons. The van der Waals surface area contributed by atoms with Crippen molar-refractivity contribution in [2.45, 2.75) is 26.3 Å². The van der Waals surface area contributed by atoms with Gasteiger partial charge in [-0.05, 0) is 59.0 Å². The zero-order chi connectivity index (χ0) is 18.3. The van der Waals surface area contributed by atoms with Gasteiger partial charge >= 0.3 is 0 Å². The lowest BCUT2D eigenvalue weighted by Crippen LogP contribution is -2.29. The van der Waals surface area contributed by atoms with Gasteiger partial charge in [0.15, 0.2) is 5.69 Å². The van der Waals surface area contributed by atoms with Crippen LogP contribution in [0.15, 0.2) is 41.1 Å². The molecule has 1 aromatic carbocycles. The maximum atomic E-state index is 13.2. The average molecular weight is 367 g/mol. The Balaban J connectivity index is 1.83. The van der Waals surface area contributed by atoms with Gasteiger partial charge < -0.3 is 4.74 Å². The predicted molar refractivity (Wildman–Crippen MR) is 103 cm³/mol. The van der Waals surface area contributed by atoms with E-state index in [9.17, 15) is 4.79 Å². The molecule has 0 aliphatic carbocycles. The first-order valence-corrected chi connectivity index (χ1v) is 9.61. The number of hydrogen-bond donors (Lipinski definition) is 1. The Kier molecular flexibility index (Phi) is 4.28. The highest BCUT2D eigenvalue weighted by molar-refractivity contribution is 7.08. The number of nitrogens with one attached hydrogen (secondary N) is 1. The quantitative estimate of drug-likeness (QED) is 0.726. The van der Waals surface area contributed by atoms with Crippen molar-refractivity contribution in [2.24, 2.45) is 5.92 Å². The first-order chi connectivity index (χ1) is 12.6. The summed E-state index contributed by atoms with van der Waals surface area (Å²) in [6.07, 6.45) is 0.868. The van der Waals surface area contributed by atoms with E-state index in [1.54, 1.807) is 18.4 Å². The lowest BCUT2D eigenvalue weighted by atomic mass is 9.97. The molecule has 1 N–H and O–H groups in total. The molecule has 1 aliphatic heterocycles. The average Bonchev–Trinajstić information content (AvgIpc) is 3.34. The fraction of sp³-hybridized carbons (Fsp3) is 0.300. The molecule has 6 heteroatoms. The van der Waals surface area contributed by atoms with Crippen molar-refractivity contribution in [2.75, 3.05) is 12.0 Å². The molecule has 0 spiro atoms. The predicted octanol–water partition coefficient (Wildman–Crippen LogP) is 4.43. The van der Waals surface area contributed by atoms with Gasteiger partial charge in [0, 0.05) is 16.9 Å². The van der Waals surface area contributed by atoms with Crippen LogP contribution in [0.25, 0.3) is 0 Å². The fourth-order valence-electron chi connectivity index (χ4n) is 3.52. The second kappa shape index (κ2) is 6.61. The summed E-state index contributed by atoms with van der Waals surface area (Å²) < 4.78 is 5.25. The molecule has 1 aliphatic rings. The Morgan fingerprint density at radius 2 is 2.04 bits per heavy atom. The van der Waals surface area contributed by atoms with E-state index in [1.165, 1.54) is 0 Å². The van der Waals surface area contributed by atoms with Crippen LogP contribution in [-0.4, -0.2) is 23.2 Å². The van der Waals surface area contributed by atoms with Crippen LogP contribution in [0.5, 0.6) is 5.75 Å². The summed E-state index contributed by atoms with van der Waals surface area (Å²) in [5.74, 6) is 1.19. The Hall–Kier alpha value is -2.60. The zero-order valence-corrected chi connectivity index (χ0v) is 15.8. The standard InChI is InChI=1S/C20H21N3O2S/c1-12(2)10-16-17-18(22-21-16)20(24)23(19(17)13-8-9-26-11-13)14-4-6-15(25-3)7-5-14/h4-9,11-12,19H,10H2,1-3H3,(H,21,22). The highest BCUT2D eigenvalue weighted by atomic mass is 32.1. The summed E-state index contributed by atoms with van der Waals surface area (Å²) in [6, 6.07) is 9.54. The number of H-pyrrole nitrogens is 1. The first-order valence-electron chi connectivity index (χ1n) is 8.67. The van der Waals surface area contributed by atoms with E-state index in [0.29, 0.717) is 11.6 Å². The van der Waals surface area contributed by atoms with E-state index in [1.807, 2.05) is 34.5 Å². The second-order valence-corrected chi connectivity index (χ2v) is 7.67. The van der Waals surface area contributed by atoms with Crippen LogP contribution in [0, 0.1) is 5.92 Å². The molecule has 1 atom stereocenters. The van der Waals surface area contributed by atoms with Crippen LogP contribution < -0.4 is 9.64 Å². The number of benzene rings is 1. The van der Waals surface area contributed by atoms with Crippen molar-refractivity contribution in [1.82, 2.24) is 10.2 Å². The summed E-state index contributed by atoms with van der Waals surface area (Å²) in [5, 5.41) is 11.6. The van der Waals surface area contributed by atoms with E-state index < -0.39 is 0 Å². The Morgan fingerprint density at radius 1 is 1.27 bits per heavy atom. The molecular formula is C20H21N3O2S. The summed E-state index contributed by atoms with van der Waals surface area (Å²) in [7, 11) is 1.64. The Labute approximate surface area is 156 Å². The topological polar surface area (TPSA) is 58.2 Å². The van der Waals surface area contributed by atoms with E-state index in [2.05, 4.69) is 35.5 Å². The van der Waals surface area contributed by atoms with Crippen molar-refractivity contribution >= 4 is 22.9 Å². The maximum Gasteiger partial charge on any atom is 0.280 e. The third kappa shape index (κ3) is 2.70. The lowest BCUT2D eigenvalue weighted by molar-refractivity contribution is 0.0988. The second-order valence-electron chi connectivity index (χ2n) is 6.89. The minimum Gasteiger partial charge on any atom is -0.497 e. The van der Waals surface area contributed by atoms with Crippen LogP contribution in [0.4, 0.5) is 5.69 Å². The SMILES string of the molecule is COc1ccc(N2C(=O)c3n[nH]c(CC(C)C)c3C2c2ccsc2)cc1. The number of aromatic nitrogens is 2. The largest absolute Gasteiger partial charge is 0.497 e. The molecule has 0 bridgehead atoms. The molecule has 5 nitrogen and oxygen atoms in total. The zero-order valence-electron chi connectivity index (χ0n) is 15.0. The molecule has 1 unspecified atom stereocenters. The number of aromatic amines is 1. The smallest absolute Gasteiger partial charge is 0.280 e. The number of rotatable bonds is 5. The van der Waals surface area contributed by atoms with Crippen molar-refractivity contribution in [3.05, 3.63) is 63.6 Å². The number of methoxy groups -OCH3 is 1. The van der Waals surface area contributed by atoms with E-state index in [0.717, 1.165) is 34.7 Å². The normalized spacial score (nSPS) is 16.4. The first kappa shape index (κ1) is 16.8. The summed E-state index contributed by atoms with van der Waals surface area (Å²) in [6.45, 7) is 4.34. The summed E-state index contributed by atoms with van der Waals surface area (Å²) in [4.78, 5) is 15.0. The summed E-state index contributed by atoms with van der Waals surface area (Å²) >= 11 is 1.64. The maximum absolute atomic E-state index is 13.2. The number of fused-ring (bicyclic) bond motifs is 1. The highest BCUT2D eigenvalue weighted by Crippen LogP contribution is 2.43. The van der Waals surface area contributed by atoms with Gasteiger partial charge in [0.05, 0.1) is 13.2 Å². The molecule has 3 heterocycles. The fourth-order valence-corrected chi connectivity index (χ4v) is 4.20. The third-order valence-corrected chi connectivity index (χ3v) is 5.36. The van der Waals surface area contributed by atoms with Crippen LogP contribution in [0.3, 0.4) is 0 Å². The van der Waals surface area contributed by atoms with Crippen molar-refractivity contribution < 1.29 is 9.53 Å². The van der Waals surface area contributed by atoms with Gasteiger partial charge in [0.2, 0.25) is 0 Å². The number of nitrogens with zero attached hydrogens (tertiary/aromatic N) is 2. The van der Waals surface area contributed by atoms with Crippen LogP contribution >= 0.6 is 11.3 Å². The molecule has 1 amide bonds. The molecule has 26 heavy (non-hydrogen) atoms. The van der Waals surface area contributed by atoms with E-state index in [4.69, 9.17) is 4.74 Å². The van der Waals surface area contributed by atoms with Gasteiger partial charge in [0.1, 0.15) is 5.75 Å². The highest BCUT2D eigenvalue weighted by Gasteiger charge is 2.43. The van der Waals surface area contributed by atoms with Crippen molar-refractivity contribution in [3.63, 3.8) is 0 Å². The number of anilines is 1. The molecule has 134 valence electrons. The van der Waals surface area contributed by atoms with Gasteiger partial charge in [-0.25, -0.2) is 0 Å². The molecule has 4 rings (SSSR count). The monoisotopic (exact) mass is 367 g/mol. The van der Waals surface area contributed by atoms with Gasteiger partial charge in [-0.1, -0.05) is 13.8 Å². The number of carbonyl (C=O) groups excluding carboxylic acids is 1. The Bertz CT molecular complexity index is 913. The lowest BCUT2D eigenvalue weighted by Gasteiger charge is -2.26. The number of ether oxygens (including phenoxy) is 1. The molecule has 2 aromatic heterocycles.